The van der Waals surface area contributed by atoms with E-state index in [4.69, 9.17) is 0 Å². The number of carboxylic acids is 1. The normalized spacial score (nSPS) is 17.2. The minimum absolute atomic E-state index is 0.142. The van der Waals surface area contributed by atoms with Crippen LogP contribution in [0.15, 0.2) is 12.1 Å². The average molecular weight is 294 g/mol. The van der Waals surface area contributed by atoms with Crippen LogP contribution in [0.25, 0.3) is 0 Å². The summed E-state index contributed by atoms with van der Waals surface area (Å²) in [5, 5.41) is 29.4. The van der Waals surface area contributed by atoms with E-state index in [-0.39, 0.29) is 16.9 Å². The van der Waals surface area contributed by atoms with Crippen molar-refractivity contribution in [3.63, 3.8) is 0 Å². The molecule has 1 aromatic rings. The van der Waals surface area contributed by atoms with E-state index >= 15 is 0 Å². The summed E-state index contributed by atoms with van der Waals surface area (Å²) in [6.45, 7) is 0. The molecule has 1 aromatic carbocycles. The van der Waals surface area contributed by atoms with Crippen LogP contribution in [0.2, 0.25) is 0 Å². The number of methoxy groups -OCH3 is 1. The van der Waals surface area contributed by atoms with E-state index in [0.717, 1.165) is 25.3 Å². The molecule has 6 nitrogen and oxygen atoms in total. The molecule has 21 heavy (non-hydrogen) atoms. The topological polar surface area (TPSA) is 104 Å². The van der Waals surface area contributed by atoms with Crippen molar-refractivity contribution in [3.8, 4) is 11.5 Å². The van der Waals surface area contributed by atoms with Crippen molar-refractivity contribution in [2.24, 2.45) is 0 Å². The highest BCUT2D eigenvalue weighted by Gasteiger charge is 2.43. The van der Waals surface area contributed by atoms with Gasteiger partial charge in [0, 0.05) is 11.6 Å². The van der Waals surface area contributed by atoms with E-state index in [9.17, 15) is 24.9 Å². The summed E-state index contributed by atoms with van der Waals surface area (Å²) in [6.07, 6.45) is 3.20. The van der Waals surface area contributed by atoms with Crippen molar-refractivity contribution >= 4 is 11.9 Å². The van der Waals surface area contributed by atoms with E-state index in [1.807, 2.05) is 0 Å². The molecule has 2 rings (SSSR count). The van der Waals surface area contributed by atoms with Gasteiger partial charge in [0.05, 0.1) is 12.5 Å². The number of benzene rings is 1. The Labute approximate surface area is 122 Å². The Balaban J connectivity index is 2.60. The number of aromatic hydroxyl groups is 2. The number of phenolic OH excluding ortho intramolecular Hbond substituents is 2. The van der Waals surface area contributed by atoms with Crippen LogP contribution < -0.4 is 0 Å². The van der Waals surface area contributed by atoms with Crippen LogP contribution in [-0.2, 0) is 14.9 Å². The molecule has 0 bridgehead atoms. The van der Waals surface area contributed by atoms with Gasteiger partial charge in [0.15, 0.2) is 0 Å². The zero-order chi connectivity index (χ0) is 15.6. The van der Waals surface area contributed by atoms with E-state index in [1.165, 1.54) is 13.2 Å². The van der Waals surface area contributed by atoms with Gasteiger partial charge in [-0.05, 0) is 18.9 Å². The van der Waals surface area contributed by atoms with Gasteiger partial charge in [-0.1, -0.05) is 19.3 Å². The highest BCUT2D eigenvalue weighted by molar-refractivity contribution is 5.94. The van der Waals surface area contributed by atoms with E-state index in [0.29, 0.717) is 12.8 Å². The molecule has 1 saturated carbocycles. The van der Waals surface area contributed by atoms with Crippen LogP contribution >= 0.6 is 0 Å². The van der Waals surface area contributed by atoms with Crippen LogP contribution in [0.5, 0.6) is 11.5 Å². The molecule has 0 atom stereocenters. The number of phenols is 2. The second-order valence-corrected chi connectivity index (χ2v) is 5.33. The van der Waals surface area contributed by atoms with Crippen LogP contribution in [0, 0.1) is 0 Å². The molecule has 0 spiro atoms. The first-order valence-electron chi connectivity index (χ1n) is 6.80. The highest BCUT2D eigenvalue weighted by atomic mass is 16.5. The predicted molar refractivity (Wildman–Crippen MR) is 73.5 cm³/mol. The number of hydrogen-bond donors (Lipinski definition) is 3. The highest BCUT2D eigenvalue weighted by Crippen LogP contribution is 2.45. The molecule has 0 heterocycles. The summed E-state index contributed by atoms with van der Waals surface area (Å²) in [6, 6.07) is 2.23. The smallest absolute Gasteiger partial charge is 0.341 e. The lowest BCUT2D eigenvalue weighted by Crippen LogP contribution is -2.38. The van der Waals surface area contributed by atoms with Crippen molar-refractivity contribution in [2.75, 3.05) is 7.11 Å². The first-order valence-corrected chi connectivity index (χ1v) is 6.80. The van der Waals surface area contributed by atoms with Gasteiger partial charge in [-0.3, -0.25) is 4.79 Å². The molecule has 1 aliphatic rings. The van der Waals surface area contributed by atoms with Gasteiger partial charge in [0.25, 0.3) is 0 Å². The number of esters is 1. The van der Waals surface area contributed by atoms with Crippen LogP contribution in [0.4, 0.5) is 0 Å². The molecule has 0 amide bonds. The number of rotatable bonds is 3. The van der Waals surface area contributed by atoms with Crippen molar-refractivity contribution in [2.45, 2.75) is 37.5 Å². The maximum Gasteiger partial charge on any atom is 0.341 e. The molecule has 0 saturated heterocycles. The molecule has 1 fully saturated rings. The summed E-state index contributed by atoms with van der Waals surface area (Å²) < 4.78 is 4.56. The zero-order valence-electron chi connectivity index (χ0n) is 11.8. The molecule has 0 unspecified atom stereocenters. The maximum absolute atomic E-state index is 11.8. The van der Waals surface area contributed by atoms with E-state index in [1.54, 1.807) is 0 Å². The molecule has 114 valence electrons. The Morgan fingerprint density at radius 3 is 2.24 bits per heavy atom. The van der Waals surface area contributed by atoms with Crippen molar-refractivity contribution in [1.29, 1.82) is 0 Å². The molecule has 0 radical (unpaired) electrons. The molecular weight excluding hydrogens is 276 g/mol. The Kier molecular flexibility index (Phi) is 4.06. The lowest BCUT2D eigenvalue weighted by Gasteiger charge is -2.34. The summed E-state index contributed by atoms with van der Waals surface area (Å²) in [5.41, 5.74) is -1.21. The Morgan fingerprint density at radius 1 is 1.10 bits per heavy atom. The van der Waals surface area contributed by atoms with Gasteiger partial charge in [0.1, 0.15) is 17.1 Å². The van der Waals surface area contributed by atoms with Crippen molar-refractivity contribution < 1.29 is 29.6 Å². The van der Waals surface area contributed by atoms with Crippen LogP contribution in [0.1, 0.15) is 48.0 Å². The van der Waals surface area contributed by atoms with Gasteiger partial charge in [-0.2, -0.15) is 0 Å². The van der Waals surface area contributed by atoms with E-state index in [2.05, 4.69) is 4.74 Å². The van der Waals surface area contributed by atoms with Gasteiger partial charge in [-0.25, -0.2) is 4.79 Å². The fraction of sp³-hybridized carbons (Fsp3) is 0.467. The molecule has 0 aliphatic heterocycles. The summed E-state index contributed by atoms with van der Waals surface area (Å²) in [7, 11) is 1.17. The van der Waals surface area contributed by atoms with Gasteiger partial charge in [0.2, 0.25) is 0 Å². The Hall–Kier alpha value is -2.24. The molecular formula is C15H18O6. The zero-order valence-corrected chi connectivity index (χ0v) is 11.8. The first kappa shape index (κ1) is 15.2. The predicted octanol–water partition coefficient (Wildman–Crippen LogP) is 2.17. The first-order chi connectivity index (χ1) is 9.92. The summed E-state index contributed by atoms with van der Waals surface area (Å²) in [4.78, 5) is 23.4. The third kappa shape index (κ3) is 2.53. The SMILES string of the molecule is COC(=O)c1cc(C2(C(=O)O)CCCCC2)c(O)cc1O. The number of hydrogen-bond acceptors (Lipinski definition) is 5. The second-order valence-electron chi connectivity index (χ2n) is 5.33. The minimum atomic E-state index is -1.22. The molecule has 0 aromatic heterocycles. The minimum Gasteiger partial charge on any atom is -0.507 e. The lowest BCUT2D eigenvalue weighted by molar-refractivity contribution is -0.145. The molecule has 3 N–H and O–H groups in total. The number of carbonyl (C=O) groups excluding carboxylic acids is 1. The fourth-order valence-corrected chi connectivity index (χ4v) is 2.99. The molecule has 1 aliphatic carbocycles. The number of ether oxygens (including phenoxy) is 1. The third-order valence-corrected chi connectivity index (χ3v) is 4.15. The fourth-order valence-electron chi connectivity index (χ4n) is 2.99. The summed E-state index contributed by atoms with van der Waals surface area (Å²) in [5.74, 6) is -2.55. The third-order valence-electron chi connectivity index (χ3n) is 4.15. The Bertz CT molecular complexity index is 572. The van der Waals surface area contributed by atoms with Crippen molar-refractivity contribution in [3.05, 3.63) is 23.3 Å². The standard InChI is InChI=1S/C15H18O6/c1-21-13(18)9-7-10(12(17)8-11(9)16)15(14(19)20)5-3-2-4-6-15/h7-8,16-17H,2-6H2,1H3,(H,19,20). The second kappa shape index (κ2) is 5.63. The summed E-state index contributed by atoms with van der Waals surface area (Å²) >= 11 is 0. The lowest BCUT2D eigenvalue weighted by atomic mass is 9.69. The average Bonchev–Trinajstić information content (AvgIpc) is 2.47. The van der Waals surface area contributed by atoms with Gasteiger partial charge >= 0.3 is 11.9 Å². The maximum atomic E-state index is 11.8. The van der Waals surface area contributed by atoms with Gasteiger partial charge < -0.3 is 20.1 Å². The largest absolute Gasteiger partial charge is 0.507 e. The van der Waals surface area contributed by atoms with Crippen LogP contribution in [-0.4, -0.2) is 34.4 Å². The Morgan fingerprint density at radius 2 is 1.71 bits per heavy atom. The van der Waals surface area contributed by atoms with Crippen molar-refractivity contribution in [1.82, 2.24) is 0 Å². The number of carboxylic acid groups (broad SMARTS) is 1. The van der Waals surface area contributed by atoms with E-state index < -0.39 is 23.1 Å². The number of carbonyl (C=O) groups is 2. The van der Waals surface area contributed by atoms with Gasteiger partial charge in [-0.15, -0.1) is 0 Å². The number of aliphatic carboxylic acids is 1. The molecule has 6 heteroatoms. The van der Waals surface area contributed by atoms with Crippen LogP contribution in [0.3, 0.4) is 0 Å². The monoisotopic (exact) mass is 294 g/mol. The quantitative estimate of drug-likeness (QED) is 0.738.